The van der Waals surface area contributed by atoms with Crippen LogP contribution in [0.25, 0.3) is 0 Å². The largest absolute Gasteiger partial charge is 0.170 e. The van der Waals surface area contributed by atoms with Gasteiger partial charge in [-0.2, -0.15) is 0 Å². The topological polar surface area (TPSA) is 0 Å². The van der Waals surface area contributed by atoms with E-state index in [0.717, 1.165) is 37.7 Å². The molecule has 4 heteroatoms. The second-order valence-electron chi connectivity index (χ2n) is 5.10. The molecule has 0 N–H and O–H groups in total. The van der Waals surface area contributed by atoms with Gasteiger partial charge in [-0.1, -0.05) is 47.3 Å². The maximum Gasteiger partial charge on any atom is 0.170 e. The first-order valence-electron chi connectivity index (χ1n) is 6.64. The minimum atomic E-state index is -1.14. The zero-order chi connectivity index (χ0) is 13.2. The molecule has 0 nitrogen and oxygen atoms in total. The molecule has 2 aliphatic rings. The third-order valence-corrected chi connectivity index (χ3v) is 6.16. The van der Waals surface area contributed by atoms with E-state index in [9.17, 15) is 0 Å². The molecule has 2 rings (SSSR count). The summed E-state index contributed by atoms with van der Waals surface area (Å²) in [7, 11) is 0. The van der Waals surface area contributed by atoms with Crippen LogP contribution in [0.5, 0.6) is 0 Å². The van der Waals surface area contributed by atoms with Gasteiger partial charge in [0.25, 0.3) is 0 Å². The van der Waals surface area contributed by atoms with Crippen molar-refractivity contribution in [3.05, 3.63) is 22.3 Å². The summed E-state index contributed by atoms with van der Waals surface area (Å²) in [5, 5.41) is 0.244. The molecule has 0 aliphatic heterocycles. The average molecular weight is 328 g/mol. The summed E-state index contributed by atoms with van der Waals surface area (Å²) in [4.78, 5) is 0. The Hall–Kier alpha value is 0.640. The summed E-state index contributed by atoms with van der Waals surface area (Å²) in [5.41, 5.74) is 2.49. The molecule has 1 atom stereocenters. The predicted molar refractivity (Wildman–Crippen MR) is 82.0 cm³/mol. The lowest BCUT2D eigenvalue weighted by Gasteiger charge is -2.24. The number of alkyl halides is 3. The zero-order valence-corrected chi connectivity index (χ0v) is 13.3. The van der Waals surface area contributed by atoms with Gasteiger partial charge in [0.1, 0.15) is 0 Å². The van der Waals surface area contributed by atoms with Crippen LogP contribution in [-0.2, 0) is 0 Å². The molecule has 0 radical (unpaired) electrons. The van der Waals surface area contributed by atoms with E-state index < -0.39 is 4.33 Å². The highest BCUT2D eigenvalue weighted by molar-refractivity contribution is 6.59. The fourth-order valence-electron chi connectivity index (χ4n) is 2.68. The number of allylic oxidation sites excluding steroid dienone is 4. The molecule has 0 aromatic rings. The lowest BCUT2D eigenvalue weighted by Crippen LogP contribution is -2.26. The fourth-order valence-corrected chi connectivity index (χ4v) is 3.79. The second-order valence-corrected chi connectivity index (χ2v) is 7.39. The van der Waals surface area contributed by atoms with Gasteiger partial charge in [-0.3, -0.25) is 0 Å². The van der Waals surface area contributed by atoms with Gasteiger partial charge in [0.15, 0.2) is 4.33 Å². The highest BCUT2D eigenvalue weighted by Crippen LogP contribution is 2.47. The third-order valence-electron chi connectivity index (χ3n) is 3.76. The summed E-state index contributed by atoms with van der Waals surface area (Å²) in [6.45, 7) is 0. The van der Waals surface area contributed by atoms with Crippen molar-refractivity contribution in [3.63, 3.8) is 0 Å². The lowest BCUT2D eigenvalue weighted by atomic mass is 9.97. The van der Waals surface area contributed by atoms with Crippen molar-refractivity contribution in [2.24, 2.45) is 0 Å². The minimum absolute atomic E-state index is 0.308. The third kappa shape index (κ3) is 3.20. The Balaban J connectivity index is 2.34. The SMILES string of the molecule is ClC1=C(C2=CCCCCC2)CCCC(Cl)C1(Cl)Cl. The van der Waals surface area contributed by atoms with E-state index in [0.29, 0.717) is 5.03 Å². The number of rotatable bonds is 1. The monoisotopic (exact) mass is 326 g/mol. The van der Waals surface area contributed by atoms with Crippen molar-refractivity contribution in [2.45, 2.75) is 61.1 Å². The number of hydrogen-bond acceptors (Lipinski definition) is 0. The first-order valence-corrected chi connectivity index (χ1v) is 8.21. The van der Waals surface area contributed by atoms with E-state index in [1.54, 1.807) is 0 Å². The van der Waals surface area contributed by atoms with Crippen LogP contribution in [0.1, 0.15) is 51.4 Å². The molecule has 0 saturated carbocycles. The van der Waals surface area contributed by atoms with Gasteiger partial charge in [0, 0.05) is 0 Å². The smallest absolute Gasteiger partial charge is 0.119 e. The quantitative estimate of drug-likeness (QED) is 0.493. The molecule has 2 aliphatic carbocycles. The minimum Gasteiger partial charge on any atom is -0.119 e. The van der Waals surface area contributed by atoms with Gasteiger partial charge in [0.2, 0.25) is 0 Å². The van der Waals surface area contributed by atoms with Crippen LogP contribution in [0, 0.1) is 0 Å². The molecule has 0 aromatic heterocycles. The summed E-state index contributed by atoms with van der Waals surface area (Å²) in [5.74, 6) is 0. The molecule has 0 amide bonds. The first kappa shape index (κ1) is 15.0. The van der Waals surface area contributed by atoms with E-state index in [4.69, 9.17) is 46.4 Å². The number of hydrogen-bond donors (Lipinski definition) is 0. The average Bonchev–Trinajstić information content (AvgIpc) is 2.65. The first-order chi connectivity index (χ1) is 8.53. The Morgan fingerprint density at radius 2 is 1.83 bits per heavy atom. The van der Waals surface area contributed by atoms with E-state index >= 15 is 0 Å². The Labute approximate surface area is 129 Å². The molecule has 102 valence electrons. The van der Waals surface area contributed by atoms with Gasteiger partial charge in [-0.25, -0.2) is 0 Å². The molecule has 0 aromatic carbocycles. The predicted octanol–water partition coefficient (Wildman–Crippen LogP) is 6.34. The summed E-state index contributed by atoms with van der Waals surface area (Å²) in [6.07, 6.45) is 11.0. The van der Waals surface area contributed by atoms with Gasteiger partial charge >= 0.3 is 0 Å². The molecule has 0 bridgehead atoms. The molecule has 0 saturated heterocycles. The van der Waals surface area contributed by atoms with Gasteiger partial charge in [-0.05, 0) is 56.1 Å². The molecule has 0 spiro atoms. The fraction of sp³-hybridized carbons (Fsp3) is 0.714. The summed E-state index contributed by atoms with van der Waals surface area (Å²) < 4.78 is -1.14. The second kappa shape index (κ2) is 6.39. The van der Waals surface area contributed by atoms with Gasteiger partial charge in [-0.15, -0.1) is 11.6 Å². The van der Waals surface area contributed by atoms with Crippen molar-refractivity contribution in [1.82, 2.24) is 0 Å². The molecule has 18 heavy (non-hydrogen) atoms. The van der Waals surface area contributed by atoms with Crippen LogP contribution in [0.3, 0.4) is 0 Å². The molecular formula is C14H18Cl4. The maximum atomic E-state index is 6.45. The molecule has 1 unspecified atom stereocenters. The van der Waals surface area contributed by atoms with Crippen LogP contribution in [0.15, 0.2) is 22.3 Å². The summed E-state index contributed by atoms with van der Waals surface area (Å²) in [6, 6.07) is 0. The highest BCUT2D eigenvalue weighted by Gasteiger charge is 2.40. The van der Waals surface area contributed by atoms with Gasteiger partial charge in [0.05, 0.1) is 10.4 Å². The van der Waals surface area contributed by atoms with Crippen molar-refractivity contribution in [2.75, 3.05) is 0 Å². The Morgan fingerprint density at radius 1 is 1.06 bits per heavy atom. The van der Waals surface area contributed by atoms with Crippen molar-refractivity contribution < 1.29 is 0 Å². The number of halogens is 4. The summed E-state index contributed by atoms with van der Waals surface area (Å²) >= 11 is 25.4. The Kier molecular flexibility index (Phi) is 5.34. The highest BCUT2D eigenvalue weighted by atomic mass is 35.5. The maximum absolute atomic E-state index is 6.45. The molecular weight excluding hydrogens is 310 g/mol. The molecule has 0 fully saturated rings. The van der Waals surface area contributed by atoms with Crippen molar-refractivity contribution in [1.29, 1.82) is 0 Å². The van der Waals surface area contributed by atoms with Crippen molar-refractivity contribution >= 4 is 46.4 Å². The van der Waals surface area contributed by atoms with E-state index in [2.05, 4.69) is 6.08 Å². The van der Waals surface area contributed by atoms with Crippen LogP contribution in [0.4, 0.5) is 0 Å². The van der Waals surface area contributed by atoms with Gasteiger partial charge < -0.3 is 0 Å². The molecule has 0 heterocycles. The standard InChI is InChI=1S/C14H18Cl4/c15-12-9-5-8-11(13(16)14(12,17)18)10-6-3-1-2-4-7-10/h6,12H,1-5,7-9H2. The van der Waals surface area contributed by atoms with Crippen LogP contribution >= 0.6 is 46.4 Å². The Bertz CT molecular complexity index is 368. The lowest BCUT2D eigenvalue weighted by molar-refractivity contribution is 0.694. The van der Waals surface area contributed by atoms with Crippen LogP contribution < -0.4 is 0 Å². The Morgan fingerprint density at radius 3 is 2.61 bits per heavy atom. The normalized spacial score (nSPS) is 29.6. The van der Waals surface area contributed by atoms with E-state index in [1.807, 2.05) is 0 Å². The van der Waals surface area contributed by atoms with Crippen LogP contribution in [0.2, 0.25) is 0 Å². The van der Waals surface area contributed by atoms with Crippen molar-refractivity contribution in [3.8, 4) is 0 Å². The van der Waals surface area contributed by atoms with E-state index in [1.165, 1.54) is 24.8 Å². The van der Waals surface area contributed by atoms with Crippen LogP contribution in [-0.4, -0.2) is 9.71 Å². The van der Waals surface area contributed by atoms with E-state index in [-0.39, 0.29) is 5.38 Å². The zero-order valence-electron chi connectivity index (χ0n) is 10.3.